The van der Waals surface area contributed by atoms with Crippen molar-refractivity contribution < 1.29 is 4.79 Å². The van der Waals surface area contributed by atoms with Crippen LogP contribution in [0.4, 0.5) is 5.13 Å². The molecule has 1 aliphatic rings. The van der Waals surface area contributed by atoms with Crippen LogP contribution >= 0.6 is 11.3 Å². The number of benzene rings is 1. The number of hydrogen-bond acceptors (Lipinski definition) is 6. The molecule has 1 amide bonds. The Kier molecular flexibility index (Phi) is 4.83. The van der Waals surface area contributed by atoms with Gasteiger partial charge in [-0.3, -0.25) is 9.89 Å². The largest absolute Gasteiger partial charge is 0.352 e. The van der Waals surface area contributed by atoms with Crippen LogP contribution in [-0.4, -0.2) is 45.2 Å². The molecule has 0 spiro atoms. The fraction of sp³-hybridized carbons (Fsp3) is 0.444. The first kappa shape index (κ1) is 17.0. The van der Waals surface area contributed by atoms with Crippen LogP contribution in [0.2, 0.25) is 0 Å². The van der Waals surface area contributed by atoms with Gasteiger partial charge in [-0.15, -0.1) is 0 Å². The molecule has 0 radical (unpaired) electrons. The van der Waals surface area contributed by atoms with E-state index < -0.39 is 0 Å². The predicted molar refractivity (Wildman–Crippen MR) is 102 cm³/mol. The van der Waals surface area contributed by atoms with E-state index in [4.69, 9.17) is 4.98 Å². The van der Waals surface area contributed by atoms with Gasteiger partial charge in [-0.25, -0.2) is 9.97 Å². The third-order valence-electron chi connectivity index (χ3n) is 4.56. The van der Waals surface area contributed by atoms with E-state index in [1.807, 2.05) is 25.1 Å². The molecule has 26 heavy (non-hydrogen) atoms. The number of aromatic nitrogens is 4. The lowest BCUT2D eigenvalue weighted by Crippen LogP contribution is -2.47. The Hall–Kier alpha value is -2.48. The smallest absolute Gasteiger partial charge is 0.220 e. The summed E-state index contributed by atoms with van der Waals surface area (Å²) in [5, 5.41) is 11.1. The number of carbonyl (C=O) groups is 1. The van der Waals surface area contributed by atoms with Crippen molar-refractivity contribution in [3.63, 3.8) is 0 Å². The highest BCUT2D eigenvalue weighted by molar-refractivity contribution is 7.22. The van der Waals surface area contributed by atoms with Crippen LogP contribution in [0.5, 0.6) is 0 Å². The summed E-state index contributed by atoms with van der Waals surface area (Å²) in [5.41, 5.74) is 1.04. The van der Waals surface area contributed by atoms with Gasteiger partial charge >= 0.3 is 0 Å². The van der Waals surface area contributed by atoms with Crippen LogP contribution < -0.4 is 10.2 Å². The van der Waals surface area contributed by atoms with Crippen LogP contribution in [-0.2, 0) is 11.2 Å². The Morgan fingerprint density at radius 3 is 3.08 bits per heavy atom. The molecule has 1 aliphatic heterocycles. The molecule has 2 N–H and O–H groups in total. The van der Waals surface area contributed by atoms with E-state index >= 15 is 0 Å². The van der Waals surface area contributed by atoms with Crippen molar-refractivity contribution in [1.29, 1.82) is 0 Å². The molecule has 3 aromatic rings. The quantitative estimate of drug-likeness (QED) is 0.720. The number of H-pyrrole nitrogens is 1. The van der Waals surface area contributed by atoms with Crippen LogP contribution in [0.25, 0.3) is 10.2 Å². The first-order valence-corrected chi connectivity index (χ1v) is 9.77. The molecule has 136 valence electrons. The maximum Gasteiger partial charge on any atom is 0.220 e. The highest BCUT2D eigenvalue weighted by Crippen LogP contribution is 2.30. The topological polar surface area (TPSA) is 86.8 Å². The Bertz CT molecular complexity index is 871. The van der Waals surface area contributed by atoms with E-state index in [9.17, 15) is 4.79 Å². The fourth-order valence-corrected chi connectivity index (χ4v) is 4.29. The van der Waals surface area contributed by atoms with E-state index in [1.165, 1.54) is 4.70 Å². The van der Waals surface area contributed by atoms with Crippen molar-refractivity contribution in [3.05, 3.63) is 35.9 Å². The van der Waals surface area contributed by atoms with Gasteiger partial charge < -0.3 is 10.2 Å². The molecule has 3 heterocycles. The molecular formula is C18H22N6OS. The molecule has 8 heteroatoms. The molecule has 1 unspecified atom stereocenters. The number of amides is 1. The molecule has 0 saturated carbocycles. The Morgan fingerprint density at radius 2 is 2.27 bits per heavy atom. The third-order valence-corrected chi connectivity index (χ3v) is 5.66. The van der Waals surface area contributed by atoms with Crippen molar-refractivity contribution in [2.75, 3.05) is 18.0 Å². The summed E-state index contributed by atoms with van der Waals surface area (Å²) in [6, 6.07) is 8.37. The zero-order valence-corrected chi connectivity index (χ0v) is 15.6. The van der Waals surface area contributed by atoms with E-state index in [2.05, 4.69) is 31.5 Å². The monoisotopic (exact) mass is 370 g/mol. The van der Waals surface area contributed by atoms with Gasteiger partial charge in [0.2, 0.25) is 5.91 Å². The number of aryl methyl sites for hydroxylation is 2. The average molecular weight is 370 g/mol. The van der Waals surface area contributed by atoms with Gasteiger partial charge in [0.25, 0.3) is 0 Å². The van der Waals surface area contributed by atoms with Crippen molar-refractivity contribution >= 4 is 32.6 Å². The highest BCUT2D eigenvalue weighted by Gasteiger charge is 2.23. The number of para-hydroxylation sites is 1. The van der Waals surface area contributed by atoms with Gasteiger partial charge in [-0.1, -0.05) is 23.5 Å². The SMILES string of the molecule is Cc1nc(CCC(=O)NC2CCCN(c3nc4ccccc4s3)C2)n[nH]1. The summed E-state index contributed by atoms with van der Waals surface area (Å²) in [6.07, 6.45) is 3.04. The number of piperidine rings is 1. The number of fused-ring (bicyclic) bond motifs is 1. The molecule has 1 fully saturated rings. The molecule has 7 nitrogen and oxygen atoms in total. The summed E-state index contributed by atoms with van der Waals surface area (Å²) in [4.78, 5) is 23.5. The summed E-state index contributed by atoms with van der Waals surface area (Å²) < 4.78 is 1.20. The van der Waals surface area contributed by atoms with Crippen LogP contribution in [0.3, 0.4) is 0 Å². The van der Waals surface area contributed by atoms with Gasteiger partial charge in [0.05, 0.1) is 10.2 Å². The summed E-state index contributed by atoms with van der Waals surface area (Å²) in [5.74, 6) is 1.53. The molecule has 1 saturated heterocycles. The molecule has 1 atom stereocenters. The second-order valence-electron chi connectivity index (χ2n) is 6.65. The van der Waals surface area contributed by atoms with E-state index in [0.717, 1.165) is 42.4 Å². The highest BCUT2D eigenvalue weighted by atomic mass is 32.1. The van der Waals surface area contributed by atoms with Gasteiger partial charge in [0, 0.05) is 32.0 Å². The Balaban J connectivity index is 1.33. The van der Waals surface area contributed by atoms with Crippen molar-refractivity contribution in [1.82, 2.24) is 25.5 Å². The number of nitrogens with one attached hydrogen (secondary N) is 2. The first-order chi connectivity index (χ1) is 12.7. The summed E-state index contributed by atoms with van der Waals surface area (Å²) in [7, 11) is 0. The fourth-order valence-electron chi connectivity index (χ4n) is 3.29. The zero-order valence-electron chi connectivity index (χ0n) is 14.7. The van der Waals surface area contributed by atoms with Crippen molar-refractivity contribution in [2.45, 2.75) is 38.6 Å². The predicted octanol–water partition coefficient (Wildman–Crippen LogP) is 2.44. The summed E-state index contributed by atoms with van der Waals surface area (Å²) >= 11 is 1.72. The van der Waals surface area contributed by atoms with E-state index in [1.54, 1.807) is 11.3 Å². The minimum atomic E-state index is 0.0589. The van der Waals surface area contributed by atoms with Gasteiger partial charge in [0.15, 0.2) is 11.0 Å². The van der Waals surface area contributed by atoms with Gasteiger partial charge in [0.1, 0.15) is 5.82 Å². The number of aromatic amines is 1. The first-order valence-electron chi connectivity index (χ1n) is 8.95. The van der Waals surface area contributed by atoms with E-state index in [0.29, 0.717) is 18.7 Å². The minimum Gasteiger partial charge on any atom is -0.352 e. The number of rotatable bonds is 5. The number of carbonyl (C=O) groups excluding carboxylic acids is 1. The molecule has 2 aromatic heterocycles. The van der Waals surface area contributed by atoms with Crippen molar-refractivity contribution in [2.24, 2.45) is 0 Å². The lowest BCUT2D eigenvalue weighted by Gasteiger charge is -2.32. The minimum absolute atomic E-state index is 0.0589. The Labute approximate surface area is 155 Å². The molecule has 1 aromatic carbocycles. The number of nitrogens with zero attached hydrogens (tertiary/aromatic N) is 4. The van der Waals surface area contributed by atoms with Gasteiger partial charge in [-0.2, -0.15) is 5.10 Å². The van der Waals surface area contributed by atoms with Crippen LogP contribution in [0.1, 0.15) is 30.9 Å². The lowest BCUT2D eigenvalue weighted by atomic mass is 10.1. The third kappa shape index (κ3) is 3.85. The second kappa shape index (κ2) is 7.41. The lowest BCUT2D eigenvalue weighted by molar-refractivity contribution is -0.121. The normalized spacial score (nSPS) is 17.6. The number of anilines is 1. The molecular weight excluding hydrogens is 348 g/mol. The van der Waals surface area contributed by atoms with Crippen LogP contribution in [0, 0.1) is 6.92 Å². The van der Waals surface area contributed by atoms with Crippen molar-refractivity contribution in [3.8, 4) is 0 Å². The van der Waals surface area contributed by atoms with E-state index in [-0.39, 0.29) is 11.9 Å². The van der Waals surface area contributed by atoms with Gasteiger partial charge in [-0.05, 0) is 31.9 Å². The van der Waals surface area contributed by atoms with Crippen LogP contribution in [0.15, 0.2) is 24.3 Å². The maximum atomic E-state index is 12.3. The molecule has 0 aliphatic carbocycles. The molecule has 4 rings (SSSR count). The number of thiazole rings is 1. The zero-order chi connectivity index (χ0) is 17.9. The standard InChI is InChI=1S/C18H22N6OS/c1-12-19-16(23-22-12)8-9-17(25)20-13-5-4-10-24(11-13)18-21-14-6-2-3-7-15(14)26-18/h2-3,6-7,13H,4-5,8-11H2,1H3,(H,20,25)(H,19,22,23). The average Bonchev–Trinajstić information content (AvgIpc) is 3.26. The molecule has 0 bridgehead atoms. The second-order valence-corrected chi connectivity index (χ2v) is 7.66. The maximum absolute atomic E-state index is 12.3. The Morgan fingerprint density at radius 1 is 1.38 bits per heavy atom. The summed E-state index contributed by atoms with van der Waals surface area (Å²) in [6.45, 7) is 3.66. The number of hydrogen-bond donors (Lipinski definition) is 2.